The fourth-order valence-corrected chi connectivity index (χ4v) is 2.02. The summed E-state index contributed by atoms with van der Waals surface area (Å²) in [6.45, 7) is 5.32. The fraction of sp³-hybridized carbons (Fsp3) is 0.375. The Morgan fingerprint density at radius 1 is 1.00 bits per heavy atom. The molecule has 0 bridgehead atoms. The summed E-state index contributed by atoms with van der Waals surface area (Å²) in [5, 5.41) is 2.18. The van der Waals surface area contributed by atoms with E-state index in [2.05, 4.69) is 5.32 Å². The Balaban J connectivity index is 1.95. The number of amides is 2. The van der Waals surface area contributed by atoms with Crippen molar-refractivity contribution in [1.29, 1.82) is 0 Å². The smallest absolute Gasteiger partial charge is 0.256 e. The lowest BCUT2D eigenvalue weighted by molar-refractivity contribution is -0.124. The molecule has 1 heterocycles. The number of ether oxygens (including phenoxy) is 3. The lowest BCUT2D eigenvalue weighted by atomic mass is 10.2. The maximum atomic E-state index is 11.4. The van der Waals surface area contributed by atoms with E-state index in [1.807, 2.05) is 32.0 Å². The maximum absolute atomic E-state index is 11.4. The molecule has 0 aliphatic carbocycles. The predicted octanol–water partition coefficient (Wildman–Crippen LogP) is 1.58. The van der Waals surface area contributed by atoms with Crippen LogP contribution in [0.1, 0.15) is 19.4 Å². The first kappa shape index (κ1) is 16.0. The van der Waals surface area contributed by atoms with Crippen LogP contribution in [0.5, 0.6) is 11.5 Å². The summed E-state index contributed by atoms with van der Waals surface area (Å²) in [5.41, 5.74) is 1.23. The van der Waals surface area contributed by atoms with Crippen molar-refractivity contribution >= 4 is 11.8 Å². The molecule has 1 aromatic rings. The van der Waals surface area contributed by atoms with E-state index in [1.54, 1.807) is 0 Å². The van der Waals surface area contributed by atoms with Gasteiger partial charge in [-0.15, -0.1) is 0 Å². The zero-order valence-electron chi connectivity index (χ0n) is 12.7. The van der Waals surface area contributed by atoms with Crippen LogP contribution in [0.4, 0.5) is 0 Å². The molecule has 0 unspecified atom stereocenters. The van der Waals surface area contributed by atoms with Crippen LogP contribution in [0.25, 0.3) is 0 Å². The second-order valence-corrected chi connectivity index (χ2v) is 4.63. The normalized spacial score (nSPS) is 13.8. The van der Waals surface area contributed by atoms with Crippen LogP contribution in [0, 0.1) is 0 Å². The van der Waals surface area contributed by atoms with Crippen molar-refractivity contribution in [3.8, 4) is 11.5 Å². The Bertz CT molecular complexity index is 594. The van der Waals surface area contributed by atoms with E-state index in [9.17, 15) is 9.59 Å². The summed E-state index contributed by atoms with van der Waals surface area (Å²) >= 11 is 0. The average molecular weight is 305 g/mol. The van der Waals surface area contributed by atoms with Crippen molar-refractivity contribution in [2.24, 2.45) is 0 Å². The van der Waals surface area contributed by atoms with Crippen molar-refractivity contribution in [3.05, 3.63) is 35.4 Å². The number of hydrogen-bond acceptors (Lipinski definition) is 5. The van der Waals surface area contributed by atoms with Crippen LogP contribution in [-0.2, 0) is 20.9 Å². The molecule has 0 aromatic heterocycles. The number of imide groups is 1. The van der Waals surface area contributed by atoms with E-state index >= 15 is 0 Å². The third-order valence-electron chi connectivity index (χ3n) is 2.97. The largest absolute Gasteiger partial charge is 0.490 e. The minimum atomic E-state index is -0.400. The van der Waals surface area contributed by atoms with Crippen molar-refractivity contribution < 1.29 is 23.8 Å². The quantitative estimate of drug-likeness (QED) is 0.738. The number of rotatable bonds is 8. The molecule has 0 atom stereocenters. The molecule has 2 rings (SSSR count). The summed E-state index contributed by atoms with van der Waals surface area (Å²) in [7, 11) is 0. The Morgan fingerprint density at radius 3 is 2.36 bits per heavy atom. The zero-order valence-corrected chi connectivity index (χ0v) is 12.7. The molecule has 0 saturated carbocycles. The third-order valence-corrected chi connectivity index (χ3v) is 2.97. The monoisotopic (exact) mass is 305 g/mol. The summed E-state index contributed by atoms with van der Waals surface area (Å²) < 4.78 is 16.5. The second-order valence-electron chi connectivity index (χ2n) is 4.63. The molecule has 118 valence electrons. The van der Waals surface area contributed by atoms with Crippen LogP contribution in [0.2, 0.25) is 0 Å². The highest BCUT2D eigenvalue weighted by Gasteiger charge is 2.20. The first-order valence-corrected chi connectivity index (χ1v) is 7.16. The molecule has 1 aliphatic rings. The molecule has 1 N–H and O–H groups in total. The average Bonchev–Trinajstić information content (AvgIpc) is 2.80. The number of carbonyl (C=O) groups excluding carboxylic acids is 2. The number of benzene rings is 1. The summed E-state index contributed by atoms with van der Waals surface area (Å²) in [5.74, 6) is 0.560. The van der Waals surface area contributed by atoms with Crippen LogP contribution < -0.4 is 14.8 Å². The molecule has 2 amide bonds. The minimum Gasteiger partial charge on any atom is -0.490 e. The standard InChI is InChI=1S/C16H19NO5/c1-3-21-13-6-5-11(7-14(13)22-4-2)9-20-10-12-8-15(18)17-16(12)19/h5-8H,3-4,9-10H2,1-2H3,(H,17,18,19). The van der Waals surface area contributed by atoms with Gasteiger partial charge in [0.15, 0.2) is 11.5 Å². The molecule has 6 heteroatoms. The molecule has 6 nitrogen and oxygen atoms in total. The lowest BCUT2D eigenvalue weighted by Gasteiger charge is -2.12. The molecule has 1 aliphatic heterocycles. The Hall–Kier alpha value is -2.34. The molecule has 0 radical (unpaired) electrons. The number of hydrogen-bond donors (Lipinski definition) is 1. The van der Waals surface area contributed by atoms with E-state index in [1.165, 1.54) is 6.08 Å². The molecular weight excluding hydrogens is 286 g/mol. The van der Waals surface area contributed by atoms with Crippen LogP contribution >= 0.6 is 0 Å². The predicted molar refractivity (Wildman–Crippen MR) is 79.7 cm³/mol. The van der Waals surface area contributed by atoms with Gasteiger partial charge < -0.3 is 14.2 Å². The van der Waals surface area contributed by atoms with Gasteiger partial charge in [-0.05, 0) is 31.5 Å². The van der Waals surface area contributed by atoms with Gasteiger partial charge in [0.1, 0.15) is 0 Å². The maximum Gasteiger partial charge on any atom is 0.256 e. The zero-order chi connectivity index (χ0) is 15.9. The van der Waals surface area contributed by atoms with Crippen molar-refractivity contribution in [2.45, 2.75) is 20.5 Å². The van der Waals surface area contributed by atoms with Gasteiger partial charge in [-0.1, -0.05) is 6.07 Å². The van der Waals surface area contributed by atoms with Gasteiger partial charge >= 0.3 is 0 Å². The number of carbonyl (C=O) groups is 2. The van der Waals surface area contributed by atoms with Gasteiger partial charge in [-0.3, -0.25) is 14.9 Å². The van der Waals surface area contributed by atoms with Gasteiger partial charge in [-0.25, -0.2) is 0 Å². The van der Waals surface area contributed by atoms with Crippen molar-refractivity contribution in [1.82, 2.24) is 5.32 Å². The molecule has 22 heavy (non-hydrogen) atoms. The first-order chi connectivity index (χ1) is 10.6. The van der Waals surface area contributed by atoms with E-state index in [4.69, 9.17) is 14.2 Å². The van der Waals surface area contributed by atoms with Gasteiger partial charge in [0.05, 0.1) is 26.4 Å². The highest BCUT2D eigenvalue weighted by atomic mass is 16.5. The van der Waals surface area contributed by atoms with Gasteiger partial charge in [0.25, 0.3) is 11.8 Å². The third kappa shape index (κ3) is 4.08. The SMILES string of the molecule is CCOc1ccc(COCC2=CC(=O)NC2=O)cc1OCC. The number of nitrogens with one attached hydrogen (secondary N) is 1. The summed E-state index contributed by atoms with van der Waals surface area (Å²) in [4.78, 5) is 22.4. The van der Waals surface area contributed by atoms with Crippen LogP contribution in [-0.4, -0.2) is 31.6 Å². The van der Waals surface area contributed by atoms with E-state index in [0.29, 0.717) is 36.9 Å². The Kier molecular flexibility index (Phi) is 5.55. The van der Waals surface area contributed by atoms with Gasteiger partial charge in [0, 0.05) is 11.6 Å². The summed E-state index contributed by atoms with van der Waals surface area (Å²) in [6, 6.07) is 5.56. The second kappa shape index (κ2) is 7.61. The molecule has 0 spiro atoms. The Morgan fingerprint density at radius 2 is 1.73 bits per heavy atom. The van der Waals surface area contributed by atoms with Gasteiger partial charge in [0.2, 0.25) is 0 Å². The van der Waals surface area contributed by atoms with Crippen molar-refractivity contribution in [2.75, 3.05) is 19.8 Å². The molecular formula is C16H19NO5. The van der Waals surface area contributed by atoms with E-state index in [-0.39, 0.29) is 6.61 Å². The highest BCUT2D eigenvalue weighted by Crippen LogP contribution is 2.28. The van der Waals surface area contributed by atoms with Crippen LogP contribution in [0.15, 0.2) is 29.8 Å². The Labute approximate surface area is 129 Å². The summed E-state index contributed by atoms with van der Waals surface area (Å²) in [6.07, 6.45) is 1.26. The molecule has 0 saturated heterocycles. The highest BCUT2D eigenvalue weighted by molar-refractivity contribution is 6.16. The van der Waals surface area contributed by atoms with Crippen LogP contribution in [0.3, 0.4) is 0 Å². The molecule has 1 aromatic carbocycles. The van der Waals surface area contributed by atoms with E-state index < -0.39 is 11.8 Å². The first-order valence-electron chi connectivity index (χ1n) is 7.16. The fourth-order valence-electron chi connectivity index (χ4n) is 2.02. The molecule has 0 fully saturated rings. The van der Waals surface area contributed by atoms with Crippen molar-refractivity contribution in [3.63, 3.8) is 0 Å². The topological polar surface area (TPSA) is 73.9 Å². The van der Waals surface area contributed by atoms with E-state index in [0.717, 1.165) is 5.56 Å². The minimum absolute atomic E-state index is 0.0920. The van der Waals surface area contributed by atoms with Gasteiger partial charge in [-0.2, -0.15) is 0 Å². The lowest BCUT2D eigenvalue weighted by Crippen LogP contribution is -2.23.